The van der Waals surface area contributed by atoms with E-state index >= 15 is 0 Å². The van der Waals surface area contributed by atoms with Crippen molar-refractivity contribution in [2.24, 2.45) is 0 Å². The molecule has 5 heteroatoms. The van der Waals surface area contributed by atoms with E-state index in [-0.39, 0.29) is 0 Å². The monoisotopic (exact) mass is 374 g/mol. The van der Waals surface area contributed by atoms with E-state index in [0.717, 1.165) is 27.7 Å². The number of aromatic nitrogens is 1. The average Bonchev–Trinajstić information content (AvgIpc) is 2.76. The van der Waals surface area contributed by atoms with Gasteiger partial charge in [0.15, 0.2) is 0 Å². The van der Waals surface area contributed by atoms with E-state index in [1.807, 2.05) is 17.4 Å². The molecule has 2 aromatic rings. The van der Waals surface area contributed by atoms with E-state index in [4.69, 9.17) is 0 Å². The van der Waals surface area contributed by atoms with Gasteiger partial charge in [-0.15, -0.1) is 11.3 Å². The third kappa shape index (κ3) is 3.53. The smallest absolute Gasteiger partial charge is 0.140 e. The van der Waals surface area contributed by atoms with Crippen LogP contribution in [-0.2, 0) is 13.0 Å². The molecular formula is C12H12Br2N2S. The van der Waals surface area contributed by atoms with Gasteiger partial charge < -0.3 is 5.32 Å². The van der Waals surface area contributed by atoms with Crippen molar-refractivity contribution in [2.45, 2.75) is 19.9 Å². The summed E-state index contributed by atoms with van der Waals surface area (Å²) in [6, 6.07) is 6.34. The molecule has 0 saturated carbocycles. The highest BCUT2D eigenvalue weighted by atomic mass is 79.9. The standard InChI is InChI=1S/C12H12Br2N2S/c1-2-9-3-4-10(17-9)7-16-12-11(14)5-8(13)6-15-12/h3-6H,2,7H2,1H3,(H,15,16). The van der Waals surface area contributed by atoms with Crippen LogP contribution in [0.3, 0.4) is 0 Å². The molecule has 2 heterocycles. The molecule has 17 heavy (non-hydrogen) atoms. The molecular weight excluding hydrogens is 364 g/mol. The van der Waals surface area contributed by atoms with E-state index in [1.165, 1.54) is 9.75 Å². The normalized spacial score (nSPS) is 10.5. The quantitative estimate of drug-likeness (QED) is 0.826. The Hall–Kier alpha value is -0.390. The van der Waals surface area contributed by atoms with Crippen LogP contribution in [0, 0.1) is 0 Å². The summed E-state index contributed by atoms with van der Waals surface area (Å²) in [7, 11) is 0. The zero-order chi connectivity index (χ0) is 12.3. The summed E-state index contributed by atoms with van der Waals surface area (Å²) in [4.78, 5) is 7.07. The first kappa shape index (κ1) is 13.1. The summed E-state index contributed by atoms with van der Waals surface area (Å²) in [6.07, 6.45) is 2.89. The van der Waals surface area contributed by atoms with Crippen molar-refractivity contribution in [1.82, 2.24) is 4.98 Å². The molecule has 0 atom stereocenters. The van der Waals surface area contributed by atoms with Crippen LogP contribution in [0.15, 0.2) is 33.3 Å². The predicted octanol–water partition coefficient (Wildman–Crippen LogP) is 4.84. The molecule has 0 spiro atoms. The first-order chi connectivity index (χ1) is 8.19. The molecule has 0 aromatic carbocycles. The van der Waals surface area contributed by atoms with Gasteiger partial charge in [-0.25, -0.2) is 4.98 Å². The Morgan fingerprint density at radius 1 is 1.29 bits per heavy atom. The lowest BCUT2D eigenvalue weighted by atomic mass is 10.3. The van der Waals surface area contributed by atoms with Crippen LogP contribution in [-0.4, -0.2) is 4.98 Å². The van der Waals surface area contributed by atoms with Crippen molar-refractivity contribution >= 4 is 49.0 Å². The minimum Gasteiger partial charge on any atom is -0.364 e. The SMILES string of the molecule is CCc1ccc(CNc2ncc(Br)cc2Br)s1. The first-order valence-electron chi connectivity index (χ1n) is 5.31. The van der Waals surface area contributed by atoms with Crippen molar-refractivity contribution in [2.75, 3.05) is 5.32 Å². The number of nitrogens with zero attached hydrogens (tertiary/aromatic N) is 1. The topological polar surface area (TPSA) is 24.9 Å². The highest BCUT2D eigenvalue weighted by Gasteiger charge is 2.03. The fourth-order valence-electron chi connectivity index (χ4n) is 1.42. The van der Waals surface area contributed by atoms with Gasteiger partial charge in [-0.05, 0) is 56.5 Å². The molecule has 2 nitrogen and oxygen atoms in total. The highest BCUT2D eigenvalue weighted by molar-refractivity contribution is 9.11. The van der Waals surface area contributed by atoms with Crippen molar-refractivity contribution < 1.29 is 0 Å². The Balaban J connectivity index is 2.02. The summed E-state index contributed by atoms with van der Waals surface area (Å²) >= 11 is 8.72. The zero-order valence-electron chi connectivity index (χ0n) is 9.34. The molecule has 0 radical (unpaired) electrons. The molecule has 0 aliphatic carbocycles. The molecule has 0 fully saturated rings. The van der Waals surface area contributed by atoms with Crippen LogP contribution in [0.25, 0.3) is 0 Å². The van der Waals surface area contributed by atoms with Crippen LogP contribution in [0.5, 0.6) is 0 Å². The fraction of sp³-hybridized carbons (Fsp3) is 0.250. The molecule has 90 valence electrons. The van der Waals surface area contributed by atoms with Crippen LogP contribution in [0.4, 0.5) is 5.82 Å². The molecule has 0 aliphatic rings. The van der Waals surface area contributed by atoms with E-state index in [0.29, 0.717) is 0 Å². The summed E-state index contributed by atoms with van der Waals surface area (Å²) in [5.74, 6) is 0.875. The van der Waals surface area contributed by atoms with Gasteiger partial charge in [-0.2, -0.15) is 0 Å². The number of aryl methyl sites for hydroxylation is 1. The Bertz CT molecular complexity index is 511. The summed E-state index contributed by atoms with van der Waals surface area (Å²) < 4.78 is 1.94. The number of rotatable bonds is 4. The Kier molecular flexibility index (Phi) is 4.59. The van der Waals surface area contributed by atoms with Crippen molar-refractivity contribution in [3.8, 4) is 0 Å². The van der Waals surface area contributed by atoms with E-state index < -0.39 is 0 Å². The maximum atomic E-state index is 4.32. The summed E-state index contributed by atoms with van der Waals surface area (Å²) in [5.41, 5.74) is 0. The number of pyridine rings is 1. The number of anilines is 1. The summed E-state index contributed by atoms with van der Waals surface area (Å²) in [6.45, 7) is 2.99. The van der Waals surface area contributed by atoms with E-state index in [1.54, 1.807) is 6.20 Å². The third-order valence-electron chi connectivity index (χ3n) is 2.30. The average molecular weight is 376 g/mol. The highest BCUT2D eigenvalue weighted by Crippen LogP contribution is 2.25. The predicted molar refractivity (Wildman–Crippen MR) is 80.7 cm³/mol. The van der Waals surface area contributed by atoms with Gasteiger partial charge in [0, 0.05) is 20.4 Å². The van der Waals surface area contributed by atoms with Crippen LogP contribution < -0.4 is 5.32 Å². The van der Waals surface area contributed by atoms with Gasteiger partial charge in [-0.1, -0.05) is 6.92 Å². The van der Waals surface area contributed by atoms with Crippen molar-refractivity contribution in [3.05, 3.63) is 43.1 Å². The zero-order valence-corrected chi connectivity index (χ0v) is 13.3. The maximum absolute atomic E-state index is 4.32. The molecule has 2 rings (SSSR count). The van der Waals surface area contributed by atoms with E-state index in [2.05, 4.69) is 61.2 Å². The molecule has 0 unspecified atom stereocenters. The maximum Gasteiger partial charge on any atom is 0.140 e. The minimum absolute atomic E-state index is 0.817. The van der Waals surface area contributed by atoms with Gasteiger partial charge in [0.2, 0.25) is 0 Å². The van der Waals surface area contributed by atoms with Crippen LogP contribution in [0.2, 0.25) is 0 Å². The minimum atomic E-state index is 0.817. The summed E-state index contributed by atoms with van der Waals surface area (Å²) in [5, 5.41) is 3.33. The lowest BCUT2D eigenvalue weighted by Gasteiger charge is -2.06. The molecule has 1 N–H and O–H groups in total. The molecule has 0 aliphatic heterocycles. The molecule has 0 amide bonds. The van der Waals surface area contributed by atoms with Crippen LogP contribution in [0.1, 0.15) is 16.7 Å². The molecule has 2 aromatic heterocycles. The van der Waals surface area contributed by atoms with Crippen molar-refractivity contribution in [3.63, 3.8) is 0 Å². The Labute approximate surface area is 122 Å². The number of halogens is 2. The van der Waals surface area contributed by atoms with Crippen LogP contribution >= 0.6 is 43.2 Å². The Morgan fingerprint density at radius 2 is 2.06 bits per heavy atom. The lowest BCUT2D eigenvalue weighted by Crippen LogP contribution is -2.00. The van der Waals surface area contributed by atoms with Gasteiger partial charge in [0.05, 0.1) is 11.0 Å². The number of hydrogen-bond donors (Lipinski definition) is 1. The molecule has 0 bridgehead atoms. The largest absolute Gasteiger partial charge is 0.364 e. The van der Waals surface area contributed by atoms with E-state index in [9.17, 15) is 0 Å². The van der Waals surface area contributed by atoms with Gasteiger partial charge in [-0.3, -0.25) is 0 Å². The number of thiophene rings is 1. The second-order valence-electron chi connectivity index (χ2n) is 3.56. The number of nitrogens with one attached hydrogen (secondary N) is 1. The lowest BCUT2D eigenvalue weighted by molar-refractivity contribution is 1.13. The first-order valence-corrected chi connectivity index (χ1v) is 7.71. The fourth-order valence-corrected chi connectivity index (χ4v) is 3.45. The van der Waals surface area contributed by atoms with Crippen molar-refractivity contribution in [1.29, 1.82) is 0 Å². The third-order valence-corrected chi connectivity index (χ3v) is 4.57. The number of hydrogen-bond acceptors (Lipinski definition) is 3. The van der Waals surface area contributed by atoms with Gasteiger partial charge >= 0.3 is 0 Å². The Morgan fingerprint density at radius 3 is 2.71 bits per heavy atom. The second-order valence-corrected chi connectivity index (χ2v) is 6.58. The van der Waals surface area contributed by atoms with Gasteiger partial charge in [0.1, 0.15) is 5.82 Å². The molecule has 0 saturated heterocycles. The van der Waals surface area contributed by atoms with Gasteiger partial charge in [0.25, 0.3) is 0 Å². The second kappa shape index (κ2) is 5.98.